The fourth-order valence-corrected chi connectivity index (χ4v) is 1.83. The Morgan fingerprint density at radius 1 is 1.52 bits per heavy atom. The average molecular weight is 291 g/mol. The molecule has 0 aliphatic heterocycles. The van der Waals surface area contributed by atoms with Crippen LogP contribution in [0.15, 0.2) is 24.7 Å². The highest BCUT2D eigenvalue weighted by Crippen LogP contribution is 2.26. The van der Waals surface area contributed by atoms with E-state index >= 15 is 0 Å². The first-order valence-corrected chi connectivity index (χ1v) is 5.95. The van der Waals surface area contributed by atoms with Gasteiger partial charge in [0.1, 0.15) is 5.82 Å². The molecule has 21 heavy (non-hydrogen) atoms. The van der Waals surface area contributed by atoms with Crippen LogP contribution in [0.5, 0.6) is 0 Å². The van der Waals surface area contributed by atoms with Crippen LogP contribution in [0.25, 0.3) is 0 Å². The fraction of sp³-hybridized carbons (Fsp3) is 0.250. The molecule has 2 aromatic heterocycles. The van der Waals surface area contributed by atoms with E-state index in [2.05, 4.69) is 9.97 Å². The summed E-state index contributed by atoms with van der Waals surface area (Å²) in [6.45, 7) is 0.309. The molecule has 0 saturated carbocycles. The van der Waals surface area contributed by atoms with Crippen molar-refractivity contribution in [1.29, 1.82) is 0 Å². The molecular formula is C12H13N5O4. The van der Waals surface area contributed by atoms with E-state index in [0.717, 1.165) is 12.3 Å². The van der Waals surface area contributed by atoms with Gasteiger partial charge in [-0.15, -0.1) is 0 Å². The number of hydrogen-bond acceptors (Lipinski definition) is 6. The summed E-state index contributed by atoms with van der Waals surface area (Å²) in [5, 5.41) is 20.0. The fourth-order valence-electron chi connectivity index (χ4n) is 1.83. The number of aromatic carboxylic acids is 1. The van der Waals surface area contributed by atoms with E-state index in [0.29, 0.717) is 12.4 Å². The summed E-state index contributed by atoms with van der Waals surface area (Å²) in [5.74, 6) is -0.465. The van der Waals surface area contributed by atoms with Crippen LogP contribution in [-0.4, -0.2) is 37.6 Å². The largest absolute Gasteiger partial charge is 0.478 e. The second kappa shape index (κ2) is 5.57. The summed E-state index contributed by atoms with van der Waals surface area (Å²) >= 11 is 0. The number of imidazole rings is 1. The Morgan fingerprint density at radius 2 is 2.24 bits per heavy atom. The molecule has 9 heteroatoms. The van der Waals surface area contributed by atoms with E-state index in [1.165, 1.54) is 0 Å². The molecule has 0 aromatic carbocycles. The first kappa shape index (κ1) is 14.4. The molecule has 0 spiro atoms. The molecule has 0 unspecified atom stereocenters. The minimum Gasteiger partial charge on any atom is -0.478 e. The van der Waals surface area contributed by atoms with Crippen LogP contribution in [0.2, 0.25) is 0 Å². The average Bonchev–Trinajstić information content (AvgIpc) is 2.83. The van der Waals surface area contributed by atoms with Crippen molar-refractivity contribution in [1.82, 2.24) is 14.5 Å². The topological polar surface area (TPSA) is 114 Å². The third kappa shape index (κ3) is 2.96. The molecule has 0 aliphatic carbocycles. The van der Waals surface area contributed by atoms with Gasteiger partial charge in [-0.1, -0.05) is 0 Å². The van der Waals surface area contributed by atoms with E-state index in [-0.39, 0.29) is 17.1 Å². The smallest absolute Gasteiger partial charge is 0.337 e. The highest BCUT2D eigenvalue weighted by atomic mass is 16.6. The molecule has 0 radical (unpaired) electrons. The quantitative estimate of drug-likeness (QED) is 0.646. The van der Waals surface area contributed by atoms with Gasteiger partial charge in [-0.2, -0.15) is 0 Å². The van der Waals surface area contributed by atoms with Crippen molar-refractivity contribution < 1.29 is 14.8 Å². The zero-order valence-corrected chi connectivity index (χ0v) is 11.4. The van der Waals surface area contributed by atoms with Gasteiger partial charge in [0, 0.05) is 38.8 Å². The predicted octanol–water partition coefficient (Wildman–Crippen LogP) is 1.06. The van der Waals surface area contributed by atoms with Crippen LogP contribution >= 0.6 is 0 Å². The van der Waals surface area contributed by atoms with Crippen LogP contribution in [0.1, 0.15) is 16.2 Å². The summed E-state index contributed by atoms with van der Waals surface area (Å²) < 4.78 is 1.79. The lowest BCUT2D eigenvalue weighted by atomic mass is 10.2. The molecule has 1 N–H and O–H groups in total. The van der Waals surface area contributed by atoms with Crippen LogP contribution in [0.3, 0.4) is 0 Å². The molecule has 0 atom stereocenters. The number of aromatic nitrogens is 3. The van der Waals surface area contributed by atoms with Gasteiger partial charge in [0.15, 0.2) is 0 Å². The number of rotatable bonds is 5. The molecule has 2 heterocycles. The number of carbonyl (C=O) groups is 1. The number of pyridine rings is 1. The SMILES string of the molecule is CN(Cc1nccn1C)c1ncc(C(=O)O)cc1[N+](=O)[O-]. The second-order valence-electron chi connectivity index (χ2n) is 4.44. The lowest BCUT2D eigenvalue weighted by Gasteiger charge is -2.17. The Labute approximate surface area is 119 Å². The normalized spacial score (nSPS) is 10.4. The van der Waals surface area contributed by atoms with Crippen LogP contribution in [0.4, 0.5) is 11.5 Å². The van der Waals surface area contributed by atoms with Crippen molar-refractivity contribution in [3.05, 3.63) is 46.2 Å². The molecular weight excluding hydrogens is 278 g/mol. The van der Waals surface area contributed by atoms with Crippen LogP contribution in [0, 0.1) is 10.1 Å². The standard InChI is InChI=1S/C12H13N5O4/c1-15-4-3-13-10(15)7-16(2)11-9(17(20)21)5-8(6-14-11)12(18)19/h3-6H,7H2,1-2H3,(H,18,19). The van der Waals surface area contributed by atoms with E-state index in [1.807, 2.05) is 7.05 Å². The van der Waals surface area contributed by atoms with E-state index in [4.69, 9.17) is 5.11 Å². The van der Waals surface area contributed by atoms with Gasteiger partial charge in [0.2, 0.25) is 5.82 Å². The molecule has 9 nitrogen and oxygen atoms in total. The number of nitrogens with zero attached hydrogens (tertiary/aromatic N) is 5. The number of hydrogen-bond donors (Lipinski definition) is 1. The maximum absolute atomic E-state index is 11.1. The number of carboxylic acid groups (broad SMARTS) is 1. The van der Waals surface area contributed by atoms with Gasteiger partial charge in [-0.25, -0.2) is 14.8 Å². The first-order chi connectivity index (χ1) is 9.90. The highest BCUT2D eigenvalue weighted by molar-refractivity contribution is 5.88. The summed E-state index contributed by atoms with van der Waals surface area (Å²) in [4.78, 5) is 30.9. The summed E-state index contributed by atoms with van der Waals surface area (Å²) in [5.41, 5.74) is -0.581. The Balaban J connectivity index is 2.36. The van der Waals surface area contributed by atoms with Gasteiger partial charge in [-0.3, -0.25) is 10.1 Å². The second-order valence-corrected chi connectivity index (χ2v) is 4.44. The molecule has 0 saturated heterocycles. The van der Waals surface area contributed by atoms with Crippen molar-refractivity contribution in [2.24, 2.45) is 7.05 Å². The molecule has 0 amide bonds. The van der Waals surface area contributed by atoms with Gasteiger partial charge >= 0.3 is 11.7 Å². The van der Waals surface area contributed by atoms with Gasteiger partial charge in [0.25, 0.3) is 0 Å². The van der Waals surface area contributed by atoms with Crippen molar-refractivity contribution in [2.75, 3.05) is 11.9 Å². The van der Waals surface area contributed by atoms with E-state index in [1.54, 1.807) is 28.9 Å². The number of anilines is 1. The van der Waals surface area contributed by atoms with Gasteiger partial charge < -0.3 is 14.6 Å². The third-order valence-electron chi connectivity index (χ3n) is 2.95. The Hall–Kier alpha value is -2.97. The predicted molar refractivity (Wildman–Crippen MR) is 73.2 cm³/mol. The van der Waals surface area contributed by atoms with Crippen molar-refractivity contribution in [2.45, 2.75) is 6.54 Å². The van der Waals surface area contributed by atoms with Crippen molar-refractivity contribution >= 4 is 17.5 Å². The molecule has 110 valence electrons. The Kier molecular flexibility index (Phi) is 3.83. The highest BCUT2D eigenvalue weighted by Gasteiger charge is 2.22. The monoisotopic (exact) mass is 291 g/mol. The number of aryl methyl sites for hydroxylation is 1. The summed E-state index contributed by atoms with van der Waals surface area (Å²) in [7, 11) is 3.44. The summed E-state index contributed by atoms with van der Waals surface area (Å²) in [6.07, 6.45) is 4.48. The maximum atomic E-state index is 11.1. The van der Waals surface area contributed by atoms with E-state index in [9.17, 15) is 14.9 Å². The number of nitro groups is 1. The van der Waals surface area contributed by atoms with Crippen molar-refractivity contribution in [3.8, 4) is 0 Å². The Bertz CT molecular complexity index is 697. The Morgan fingerprint density at radius 3 is 2.76 bits per heavy atom. The van der Waals surface area contributed by atoms with Gasteiger partial charge in [0.05, 0.1) is 17.0 Å². The minimum atomic E-state index is -1.26. The minimum absolute atomic E-state index is 0.0907. The number of carboxylic acids is 1. The zero-order valence-electron chi connectivity index (χ0n) is 11.4. The van der Waals surface area contributed by atoms with Gasteiger partial charge in [-0.05, 0) is 0 Å². The zero-order chi connectivity index (χ0) is 15.6. The molecule has 2 aromatic rings. The molecule has 0 bridgehead atoms. The first-order valence-electron chi connectivity index (χ1n) is 5.95. The van der Waals surface area contributed by atoms with Crippen LogP contribution in [-0.2, 0) is 13.6 Å². The maximum Gasteiger partial charge on any atom is 0.337 e. The molecule has 0 aliphatic rings. The van der Waals surface area contributed by atoms with Crippen LogP contribution < -0.4 is 4.90 Å². The lowest BCUT2D eigenvalue weighted by molar-refractivity contribution is -0.384. The molecule has 2 rings (SSSR count). The van der Waals surface area contributed by atoms with Crippen molar-refractivity contribution in [3.63, 3.8) is 0 Å². The van der Waals surface area contributed by atoms with E-state index < -0.39 is 10.9 Å². The third-order valence-corrected chi connectivity index (χ3v) is 2.95. The summed E-state index contributed by atoms with van der Waals surface area (Å²) in [6, 6.07) is 1.000. The molecule has 0 fully saturated rings. The lowest BCUT2D eigenvalue weighted by Crippen LogP contribution is -2.21.